The Kier molecular flexibility index (Phi) is 4.31. The highest BCUT2D eigenvalue weighted by atomic mass is 32.1. The van der Waals surface area contributed by atoms with Gasteiger partial charge in [-0.25, -0.2) is 4.98 Å². The van der Waals surface area contributed by atoms with E-state index in [1.807, 2.05) is 17.5 Å². The van der Waals surface area contributed by atoms with Crippen molar-refractivity contribution in [3.63, 3.8) is 0 Å². The number of primary amides is 1. The van der Waals surface area contributed by atoms with Crippen LogP contribution in [0.2, 0.25) is 0 Å². The van der Waals surface area contributed by atoms with E-state index in [0.717, 1.165) is 17.7 Å². The summed E-state index contributed by atoms with van der Waals surface area (Å²) < 4.78 is 0. The zero-order valence-electron chi connectivity index (χ0n) is 10.5. The lowest BCUT2D eigenvalue weighted by atomic mass is 10.1. The summed E-state index contributed by atoms with van der Waals surface area (Å²) in [7, 11) is 0. The molecule has 104 valence electrons. The molecule has 2 aromatic rings. The number of hydrogen-bond acceptors (Lipinski definition) is 5. The van der Waals surface area contributed by atoms with Gasteiger partial charge in [-0.05, 0) is 30.5 Å². The number of phenolic OH excluding ortho intramolecular Hbond substituents is 1. The molecule has 0 spiro atoms. The van der Waals surface area contributed by atoms with Crippen LogP contribution in [0.5, 0.6) is 5.75 Å². The summed E-state index contributed by atoms with van der Waals surface area (Å²) in [6.45, 7) is 0. The Morgan fingerprint density at radius 1 is 1.25 bits per heavy atom. The molecule has 0 unspecified atom stereocenters. The van der Waals surface area contributed by atoms with Crippen molar-refractivity contribution < 1.29 is 14.7 Å². The van der Waals surface area contributed by atoms with Gasteiger partial charge in [-0.15, -0.1) is 11.3 Å². The number of nitrogens with zero attached hydrogens (tertiary/aromatic N) is 1. The van der Waals surface area contributed by atoms with Crippen LogP contribution in [0.15, 0.2) is 29.6 Å². The largest absolute Gasteiger partial charge is 0.508 e. The third kappa shape index (κ3) is 3.79. The first-order valence-corrected chi connectivity index (χ1v) is 6.75. The normalized spacial score (nSPS) is 10.2. The minimum Gasteiger partial charge on any atom is -0.508 e. The van der Waals surface area contributed by atoms with Crippen molar-refractivity contribution >= 4 is 28.3 Å². The molecule has 0 aliphatic heterocycles. The number of aryl methyl sites for hydroxylation is 2. The SMILES string of the molecule is NC(=O)C(=O)Nc1nc(CCc2ccc(O)cc2)cs1. The number of aromatic hydroxyl groups is 1. The average Bonchev–Trinajstić information content (AvgIpc) is 2.85. The lowest BCUT2D eigenvalue weighted by molar-refractivity contribution is -0.134. The van der Waals surface area contributed by atoms with Crippen LogP contribution in [0.3, 0.4) is 0 Å². The van der Waals surface area contributed by atoms with E-state index in [-0.39, 0.29) is 5.75 Å². The number of aromatic nitrogens is 1. The second-order valence-corrected chi connectivity index (χ2v) is 4.99. The highest BCUT2D eigenvalue weighted by molar-refractivity contribution is 7.14. The van der Waals surface area contributed by atoms with Gasteiger partial charge in [0.05, 0.1) is 5.69 Å². The molecular weight excluding hydrogens is 278 g/mol. The van der Waals surface area contributed by atoms with E-state index < -0.39 is 11.8 Å². The predicted octanol–water partition coefficient (Wildman–Crippen LogP) is 1.06. The average molecular weight is 291 g/mol. The molecular formula is C13H13N3O3S. The van der Waals surface area contributed by atoms with Crippen LogP contribution in [-0.2, 0) is 22.4 Å². The standard InChI is InChI=1S/C13H13N3O3S/c14-11(18)12(19)16-13-15-9(7-20-13)4-1-8-2-5-10(17)6-3-8/h2-3,5-7,17H,1,4H2,(H2,14,18)(H,15,16,19). The molecule has 1 aromatic heterocycles. The molecule has 0 aliphatic rings. The van der Waals surface area contributed by atoms with Crippen LogP contribution in [0.4, 0.5) is 5.13 Å². The van der Waals surface area contributed by atoms with Gasteiger partial charge in [0.1, 0.15) is 5.75 Å². The zero-order chi connectivity index (χ0) is 14.5. The molecule has 2 amide bonds. The van der Waals surface area contributed by atoms with Crippen molar-refractivity contribution in [1.29, 1.82) is 0 Å². The van der Waals surface area contributed by atoms with Crippen molar-refractivity contribution in [3.8, 4) is 5.75 Å². The Hall–Kier alpha value is -2.41. The molecule has 0 saturated heterocycles. The first-order chi connectivity index (χ1) is 9.54. The summed E-state index contributed by atoms with van der Waals surface area (Å²) in [5.74, 6) is -1.67. The van der Waals surface area contributed by atoms with E-state index in [0.29, 0.717) is 11.6 Å². The van der Waals surface area contributed by atoms with Gasteiger partial charge in [-0.1, -0.05) is 12.1 Å². The second kappa shape index (κ2) is 6.16. The molecule has 0 radical (unpaired) electrons. The minimum atomic E-state index is -1.04. The summed E-state index contributed by atoms with van der Waals surface area (Å²) >= 11 is 1.24. The molecule has 2 rings (SSSR count). The number of carbonyl (C=O) groups is 2. The molecule has 4 N–H and O–H groups in total. The lowest BCUT2D eigenvalue weighted by Crippen LogP contribution is -2.29. The van der Waals surface area contributed by atoms with Crippen LogP contribution in [0, 0.1) is 0 Å². The summed E-state index contributed by atoms with van der Waals surface area (Å²) in [6, 6.07) is 6.96. The van der Waals surface area contributed by atoms with E-state index in [1.54, 1.807) is 12.1 Å². The smallest absolute Gasteiger partial charge is 0.315 e. The fraction of sp³-hybridized carbons (Fsp3) is 0.154. The number of phenols is 1. The van der Waals surface area contributed by atoms with Crippen molar-refractivity contribution in [1.82, 2.24) is 4.98 Å². The van der Waals surface area contributed by atoms with Crippen LogP contribution >= 0.6 is 11.3 Å². The third-order valence-electron chi connectivity index (χ3n) is 2.60. The Bertz CT molecular complexity index is 622. The van der Waals surface area contributed by atoms with Crippen molar-refractivity contribution in [2.75, 3.05) is 5.32 Å². The molecule has 6 nitrogen and oxygen atoms in total. The van der Waals surface area contributed by atoms with Gasteiger partial charge in [-0.3, -0.25) is 14.9 Å². The first kappa shape index (κ1) is 14.0. The fourth-order valence-electron chi connectivity index (χ4n) is 1.57. The Morgan fingerprint density at radius 2 is 1.95 bits per heavy atom. The van der Waals surface area contributed by atoms with Crippen molar-refractivity contribution in [3.05, 3.63) is 40.9 Å². The summed E-state index contributed by atoms with van der Waals surface area (Å²) in [5.41, 5.74) is 6.75. The van der Waals surface area contributed by atoms with Crippen molar-refractivity contribution in [2.24, 2.45) is 5.73 Å². The number of nitrogens with two attached hydrogens (primary N) is 1. The third-order valence-corrected chi connectivity index (χ3v) is 3.41. The van der Waals surface area contributed by atoms with E-state index in [4.69, 9.17) is 5.73 Å². The van der Waals surface area contributed by atoms with Crippen LogP contribution in [0.1, 0.15) is 11.3 Å². The molecule has 7 heteroatoms. The van der Waals surface area contributed by atoms with Gasteiger partial charge in [0.15, 0.2) is 5.13 Å². The number of amides is 2. The number of hydrogen-bond donors (Lipinski definition) is 3. The van der Waals surface area contributed by atoms with Gasteiger partial charge in [0, 0.05) is 5.38 Å². The topological polar surface area (TPSA) is 105 Å². The fourth-order valence-corrected chi connectivity index (χ4v) is 2.31. The molecule has 0 fully saturated rings. The molecule has 0 aliphatic carbocycles. The van der Waals surface area contributed by atoms with Gasteiger partial charge in [0.2, 0.25) is 0 Å². The molecule has 1 aromatic carbocycles. The zero-order valence-corrected chi connectivity index (χ0v) is 11.3. The number of rotatable bonds is 4. The van der Waals surface area contributed by atoms with Gasteiger partial charge >= 0.3 is 11.8 Å². The van der Waals surface area contributed by atoms with E-state index in [1.165, 1.54) is 11.3 Å². The number of thiazole rings is 1. The number of anilines is 1. The van der Waals surface area contributed by atoms with Gasteiger partial charge in [0.25, 0.3) is 0 Å². The number of nitrogens with one attached hydrogen (secondary N) is 1. The van der Waals surface area contributed by atoms with E-state index in [2.05, 4.69) is 10.3 Å². The molecule has 1 heterocycles. The lowest BCUT2D eigenvalue weighted by Gasteiger charge is -2.00. The summed E-state index contributed by atoms with van der Waals surface area (Å²) in [4.78, 5) is 25.9. The monoisotopic (exact) mass is 291 g/mol. The summed E-state index contributed by atoms with van der Waals surface area (Å²) in [6.07, 6.45) is 1.47. The Labute approximate surface area is 119 Å². The van der Waals surface area contributed by atoms with Gasteiger partial charge < -0.3 is 10.8 Å². The number of benzene rings is 1. The first-order valence-electron chi connectivity index (χ1n) is 5.87. The van der Waals surface area contributed by atoms with E-state index in [9.17, 15) is 14.7 Å². The molecule has 0 atom stereocenters. The maximum atomic E-state index is 11.1. The molecule has 0 saturated carbocycles. The van der Waals surface area contributed by atoms with Gasteiger partial charge in [-0.2, -0.15) is 0 Å². The maximum absolute atomic E-state index is 11.1. The minimum absolute atomic E-state index is 0.235. The van der Waals surface area contributed by atoms with Crippen LogP contribution in [-0.4, -0.2) is 21.9 Å². The molecule has 20 heavy (non-hydrogen) atoms. The highest BCUT2D eigenvalue weighted by Gasteiger charge is 2.11. The predicted molar refractivity (Wildman–Crippen MR) is 75.5 cm³/mol. The highest BCUT2D eigenvalue weighted by Crippen LogP contribution is 2.17. The Morgan fingerprint density at radius 3 is 2.60 bits per heavy atom. The molecule has 0 bridgehead atoms. The van der Waals surface area contributed by atoms with Crippen LogP contribution < -0.4 is 11.1 Å². The van der Waals surface area contributed by atoms with E-state index >= 15 is 0 Å². The Balaban J connectivity index is 1.91. The van der Waals surface area contributed by atoms with Crippen LogP contribution in [0.25, 0.3) is 0 Å². The maximum Gasteiger partial charge on any atom is 0.315 e. The second-order valence-electron chi connectivity index (χ2n) is 4.13. The quantitative estimate of drug-likeness (QED) is 0.732. The summed E-state index contributed by atoms with van der Waals surface area (Å²) in [5, 5.41) is 13.7. The van der Waals surface area contributed by atoms with Crippen molar-refractivity contribution in [2.45, 2.75) is 12.8 Å². The number of carbonyl (C=O) groups excluding carboxylic acids is 2.